The molecular weight excluding hydrogens is 347 g/mol. The van der Waals surface area contributed by atoms with Gasteiger partial charge in [-0.15, -0.1) is 0 Å². The minimum atomic E-state index is -0.166. The van der Waals surface area contributed by atoms with Crippen LogP contribution >= 0.6 is 0 Å². The first-order valence-corrected chi connectivity index (χ1v) is 10.4. The van der Waals surface area contributed by atoms with Crippen LogP contribution in [0.2, 0.25) is 0 Å². The van der Waals surface area contributed by atoms with Crippen molar-refractivity contribution in [1.82, 2.24) is 5.43 Å². The fraction of sp³-hybridized carbons (Fsp3) is 0.400. The number of aryl methyl sites for hydroxylation is 3. The van der Waals surface area contributed by atoms with Crippen LogP contribution in [0.15, 0.2) is 53.8 Å². The van der Waals surface area contributed by atoms with Crippen LogP contribution in [-0.2, 0) is 12.8 Å². The number of hydrogen-bond acceptors (Lipinski definition) is 2. The molecule has 0 aromatic heterocycles. The molecule has 0 bridgehead atoms. The zero-order valence-electron chi connectivity index (χ0n) is 17.7. The summed E-state index contributed by atoms with van der Waals surface area (Å²) in [7, 11) is 0. The molecule has 1 unspecified atom stereocenters. The summed E-state index contributed by atoms with van der Waals surface area (Å²) >= 11 is 0. The summed E-state index contributed by atoms with van der Waals surface area (Å²) in [4.78, 5) is 0. The number of nitrogens with one attached hydrogen (secondary N) is 1. The maximum absolute atomic E-state index is 13.6. The lowest BCUT2D eigenvalue weighted by Gasteiger charge is -2.19. The molecule has 0 aliphatic carbocycles. The van der Waals surface area contributed by atoms with E-state index in [0.29, 0.717) is 12.0 Å². The third kappa shape index (κ3) is 5.79. The predicted octanol–water partition coefficient (Wildman–Crippen LogP) is 6.67. The van der Waals surface area contributed by atoms with Crippen molar-refractivity contribution in [3.05, 3.63) is 82.3 Å². The summed E-state index contributed by atoms with van der Waals surface area (Å²) in [6, 6.07) is 11.8. The summed E-state index contributed by atoms with van der Waals surface area (Å²) in [5, 5.41) is 4.32. The van der Waals surface area contributed by atoms with E-state index < -0.39 is 0 Å². The van der Waals surface area contributed by atoms with Gasteiger partial charge < -0.3 is 0 Å². The first kappa shape index (κ1) is 21.9. The summed E-state index contributed by atoms with van der Waals surface area (Å²) < 4.78 is 13.6. The van der Waals surface area contributed by atoms with Crippen LogP contribution < -0.4 is 5.43 Å². The second-order valence-electron chi connectivity index (χ2n) is 7.35. The number of hydrazone groups is 1. The van der Waals surface area contributed by atoms with Crippen LogP contribution in [0.3, 0.4) is 0 Å². The number of nitrogens with zero attached hydrogens (tertiary/aromatic N) is 1. The van der Waals surface area contributed by atoms with E-state index in [2.05, 4.69) is 56.1 Å². The van der Waals surface area contributed by atoms with Gasteiger partial charge in [0.25, 0.3) is 0 Å². The van der Waals surface area contributed by atoms with Crippen molar-refractivity contribution in [2.24, 2.45) is 5.10 Å². The Bertz CT molecular complexity index is 823. The zero-order valence-corrected chi connectivity index (χ0v) is 17.7. The third-order valence-electron chi connectivity index (χ3n) is 5.27. The lowest BCUT2D eigenvalue weighted by atomic mass is 9.90. The Morgan fingerprint density at radius 1 is 1.14 bits per heavy atom. The molecule has 2 rings (SSSR count). The number of benzene rings is 2. The van der Waals surface area contributed by atoms with E-state index in [4.69, 9.17) is 0 Å². The van der Waals surface area contributed by atoms with Crippen molar-refractivity contribution in [2.45, 2.75) is 65.7 Å². The summed E-state index contributed by atoms with van der Waals surface area (Å²) in [6.07, 6.45) is 6.91. The maximum atomic E-state index is 13.6. The molecule has 0 radical (unpaired) electrons. The van der Waals surface area contributed by atoms with Gasteiger partial charge in [0.2, 0.25) is 0 Å². The minimum Gasteiger partial charge on any atom is -0.283 e. The van der Waals surface area contributed by atoms with Crippen molar-refractivity contribution < 1.29 is 4.39 Å². The normalized spacial score (nSPS) is 12.3. The molecule has 0 saturated carbocycles. The molecule has 2 aromatic carbocycles. The van der Waals surface area contributed by atoms with Crippen LogP contribution in [0.5, 0.6) is 0 Å². The fourth-order valence-corrected chi connectivity index (χ4v) is 3.48. The highest BCUT2D eigenvalue weighted by Gasteiger charge is 2.14. The lowest BCUT2D eigenvalue weighted by Crippen LogP contribution is -2.13. The Hall–Kier alpha value is -2.42. The SMILES string of the molecule is C=C(N/N=C/c1ccc(F)c(CC)c1)C(CC)c1ccc(CCCC)c(C)c1. The van der Waals surface area contributed by atoms with Crippen LogP contribution in [0.25, 0.3) is 0 Å². The first-order valence-electron chi connectivity index (χ1n) is 10.4. The molecule has 150 valence electrons. The monoisotopic (exact) mass is 380 g/mol. The highest BCUT2D eigenvalue weighted by atomic mass is 19.1. The molecule has 0 spiro atoms. The Kier molecular flexibility index (Phi) is 8.43. The highest BCUT2D eigenvalue weighted by Crippen LogP contribution is 2.27. The molecule has 1 N–H and O–H groups in total. The Labute approximate surface area is 169 Å². The molecule has 0 aliphatic heterocycles. The standard InChI is InChI=1S/C25H33FN2/c1-6-9-10-22-12-13-23(15-18(22)4)24(8-3)19(5)28-27-17-20-11-14-25(26)21(7-2)16-20/h11-17,24,28H,5-10H2,1-4H3/b27-17+. The van der Waals surface area contributed by atoms with Crippen molar-refractivity contribution >= 4 is 6.21 Å². The molecule has 0 fully saturated rings. The Balaban J connectivity index is 2.06. The summed E-state index contributed by atoms with van der Waals surface area (Å²) in [6.45, 7) is 12.7. The van der Waals surface area contributed by atoms with Gasteiger partial charge in [0.1, 0.15) is 5.82 Å². The van der Waals surface area contributed by atoms with Crippen LogP contribution in [0.1, 0.15) is 73.8 Å². The van der Waals surface area contributed by atoms with E-state index in [-0.39, 0.29) is 11.7 Å². The molecule has 3 heteroatoms. The molecular formula is C25H33FN2. The zero-order chi connectivity index (χ0) is 20.5. The van der Waals surface area contributed by atoms with Crippen molar-refractivity contribution in [2.75, 3.05) is 0 Å². The average Bonchev–Trinajstić information content (AvgIpc) is 2.69. The van der Waals surface area contributed by atoms with E-state index in [0.717, 1.165) is 24.1 Å². The molecule has 0 heterocycles. The van der Waals surface area contributed by atoms with Gasteiger partial charge in [-0.25, -0.2) is 4.39 Å². The summed E-state index contributed by atoms with van der Waals surface area (Å²) in [5.74, 6) is 0.0383. The van der Waals surface area contributed by atoms with Gasteiger partial charge in [-0.1, -0.05) is 58.0 Å². The maximum Gasteiger partial charge on any atom is 0.126 e. The first-order chi connectivity index (χ1) is 13.5. The molecule has 0 saturated heterocycles. The number of unbranched alkanes of at least 4 members (excludes halogenated alkanes) is 1. The number of hydrogen-bond donors (Lipinski definition) is 1. The minimum absolute atomic E-state index is 0.166. The van der Waals surface area contributed by atoms with E-state index in [1.807, 2.05) is 13.0 Å². The molecule has 1 atom stereocenters. The van der Waals surface area contributed by atoms with E-state index in [1.165, 1.54) is 35.6 Å². The quantitative estimate of drug-likeness (QED) is 0.361. The topological polar surface area (TPSA) is 24.4 Å². The predicted molar refractivity (Wildman–Crippen MR) is 118 cm³/mol. The van der Waals surface area contributed by atoms with Gasteiger partial charge in [0.15, 0.2) is 0 Å². The Morgan fingerprint density at radius 2 is 1.93 bits per heavy atom. The fourth-order valence-electron chi connectivity index (χ4n) is 3.48. The molecule has 2 aromatic rings. The second-order valence-corrected chi connectivity index (χ2v) is 7.35. The molecule has 0 amide bonds. The molecule has 0 aliphatic rings. The van der Waals surface area contributed by atoms with Gasteiger partial charge in [0, 0.05) is 11.6 Å². The Morgan fingerprint density at radius 3 is 2.57 bits per heavy atom. The van der Waals surface area contributed by atoms with E-state index in [1.54, 1.807) is 12.3 Å². The molecule has 2 nitrogen and oxygen atoms in total. The van der Waals surface area contributed by atoms with Crippen LogP contribution in [0, 0.1) is 12.7 Å². The van der Waals surface area contributed by atoms with Gasteiger partial charge in [-0.3, -0.25) is 5.43 Å². The van der Waals surface area contributed by atoms with Crippen molar-refractivity contribution in [3.8, 4) is 0 Å². The second kappa shape index (κ2) is 10.8. The number of halogens is 1. The smallest absolute Gasteiger partial charge is 0.126 e. The third-order valence-corrected chi connectivity index (χ3v) is 5.27. The largest absolute Gasteiger partial charge is 0.283 e. The van der Waals surface area contributed by atoms with Gasteiger partial charge in [-0.05, 0) is 72.6 Å². The van der Waals surface area contributed by atoms with E-state index >= 15 is 0 Å². The van der Waals surface area contributed by atoms with Crippen molar-refractivity contribution in [3.63, 3.8) is 0 Å². The van der Waals surface area contributed by atoms with E-state index in [9.17, 15) is 4.39 Å². The number of rotatable bonds is 10. The summed E-state index contributed by atoms with van der Waals surface area (Å²) in [5.41, 5.74) is 9.58. The average molecular weight is 381 g/mol. The molecule has 28 heavy (non-hydrogen) atoms. The van der Waals surface area contributed by atoms with Gasteiger partial charge in [0.05, 0.1) is 6.21 Å². The lowest BCUT2D eigenvalue weighted by molar-refractivity contribution is 0.612. The number of allylic oxidation sites excluding steroid dienone is 1. The van der Waals surface area contributed by atoms with Crippen LogP contribution in [0.4, 0.5) is 4.39 Å². The highest BCUT2D eigenvalue weighted by molar-refractivity contribution is 5.79. The van der Waals surface area contributed by atoms with Crippen molar-refractivity contribution in [1.29, 1.82) is 0 Å². The van der Waals surface area contributed by atoms with Gasteiger partial charge in [-0.2, -0.15) is 5.10 Å². The van der Waals surface area contributed by atoms with Crippen LogP contribution in [-0.4, -0.2) is 6.21 Å². The van der Waals surface area contributed by atoms with Gasteiger partial charge >= 0.3 is 0 Å².